The van der Waals surface area contributed by atoms with Crippen molar-refractivity contribution in [2.24, 2.45) is 0 Å². The molecule has 1 aliphatic heterocycles. The van der Waals surface area contributed by atoms with Gasteiger partial charge >= 0.3 is 0 Å². The number of rotatable bonds is 7. The molecule has 1 saturated heterocycles. The maximum Gasteiger partial charge on any atom is 0.230 e. The lowest BCUT2D eigenvalue weighted by Crippen LogP contribution is -2.45. The van der Waals surface area contributed by atoms with Crippen LogP contribution >= 0.6 is 35.0 Å². The number of hydrogen-bond donors (Lipinski definition) is 1. The molecule has 0 radical (unpaired) electrons. The fourth-order valence-corrected chi connectivity index (χ4v) is 4.77. The van der Waals surface area contributed by atoms with Crippen molar-refractivity contribution in [3.63, 3.8) is 0 Å². The molecular weight excluding hydrogens is 420 g/mol. The van der Waals surface area contributed by atoms with Crippen molar-refractivity contribution >= 4 is 40.9 Å². The summed E-state index contributed by atoms with van der Waals surface area (Å²) in [5.41, 5.74) is 1.57. The van der Waals surface area contributed by atoms with Gasteiger partial charge in [0.1, 0.15) is 5.82 Å². The third-order valence-corrected chi connectivity index (χ3v) is 6.59. The van der Waals surface area contributed by atoms with Gasteiger partial charge in [0.05, 0.1) is 5.75 Å². The van der Waals surface area contributed by atoms with E-state index in [2.05, 4.69) is 5.32 Å². The first-order valence-corrected chi connectivity index (χ1v) is 11.0. The highest BCUT2D eigenvalue weighted by Crippen LogP contribution is 2.34. The number of thioether (sulfide) groups is 1. The van der Waals surface area contributed by atoms with Crippen LogP contribution in [0.4, 0.5) is 4.39 Å². The summed E-state index contributed by atoms with van der Waals surface area (Å²) in [6, 6.07) is 12.0. The number of amides is 1. The highest BCUT2D eigenvalue weighted by molar-refractivity contribution is 7.99. The minimum Gasteiger partial charge on any atom is -0.381 e. The summed E-state index contributed by atoms with van der Waals surface area (Å²) in [4.78, 5) is 12.4. The second-order valence-corrected chi connectivity index (χ2v) is 8.74. The van der Waals surface area contributed by atoms with Crippen LogP contribution in [0.15, 0.2) is 42.5 Å². The van der Waals surface area contributed by atoms with Crippen LogP contribution < -0.4 is 5.32 Å². The van der Waals surface area contributed by atoms with Gasteiger partial charge in [-0.3, -0.25) is 4.79 Å². The number of carbonyl (C=O) groups excluding carboxylic acids is 1. The maximum absolute atomic E-state index is 13.7. The van der Waals surface area contributed by atoms with Crippen molar-refractivity contribution in [1.29, 1.82) is 0 Å². The molecule has 0 bridgehead atoms. The number of benzene rings is 2. The Balaban J connectivity index is 1.55. The zero-order valence-electron chi connectivity index (χ0n) is 15.3. The third-order valence-electron chi connectivity index (χ3n) is 5.02. The Morgan fingerprint density at radius 2 is 1.96 bits per heavy atom. The van der Waals surface area contributed by atoms with Crippen LogP contribution in [0.1, 0.15) is 24.0 Å². The molecule has 2 aromatic rings. The van der Waals surface area contributed by atoms with E-state index in [4.69, 9.17) is 27.9 Å². The Kier molecular flexibility index (Phi) is 7.63. The van der Waals surface area contributed by atoms with E-state index < -0.39 is 0 Å². The van der Waals surface area contributed by atoms with Gasteiger partial charge in [-0.1, -0.05) is 41.4 Å². The first-order chi connectivity index (χ1) is 13.5. The monoisotopic (exact) mass is 441 g/mol. The second-order valence-electron chi connectivity index (χ2n) is 6.91. The lowest BCUT2D eigenvalue weighted by Gasteiger charge is -2.38. The summed E-state index contributed by atoms with van der Waals surface area (Å²) >= 11 is 13.6. The molecule has 1 N–H and O–H groups in total. The van der Waals surface area contributed by atoms with Gasteiger partial charge in [0.2, 0.25) is 5.91 Å². The normalized spacial score (nSPS) is 16.0. The summed E-state index contributed by atoms with van der Waals surface area (Å²) in [7, 11) is 0. The van der Waals surface area contributed by atoms with E-state index in [1.165, 1.54) is 17.8 Å². The SMILES string of the molecule is O=C(CSCc1ccc(Cl)cc1Cl)NCC1(c2cccc(F)c2)CCOCC1. The number of ether oxygens (including phenoxy) is 1. The molecule has 150 valence electrons. The van der Waals surface area contributed by atoms with Gasteiger partial charge in [-0.15, -0.1) is 11.8 Å². The Hall–Kier alpha value is -1.27. The zero-order valence-corrected chi connectivity index (χ0v) is 17.7. The van der Waals surface area contributed by atoms with Gasteiger partial charge in [-0.25, -0.2) is 4.39 Å². The average molecular weight is 442 g/mol. The Bertz CT molecular complexity index is 828. The molecule has 0 aliphatic carbocycles. The number of halogens is 3. The topological polar surface area (TPSA) is 38.3 Å². The van der Waals surface area contributed by atoms with Gasteiger partial charge < -0.3 is 10.1 Å². The van der Waals surface area contributed by atoms with E-state index in [0.717, 1.165) is 24.0 Å². The van der Waals surface area contributed by atoms with Crippen LogP contribution in [0.5, 0.6) is 0 Å². The van der Waals surface area contributed by atoms with Crippen LogP contribution in [0, 0.1) is 5.82 Å². The van der Waals surface area contributed by atoms with Gasteiger partial charge in [-0.05, 0) is 48.2 Å². The smallest absolute Gasteiger partial charge is 0.230 e. The molecule has 0 saturated carbocycles. The van der Waals surface area contributed by atoms with E-state index in [1.54, 1.807) is 24.3 Å². The van der Waals surface area contributed by atoms with E-state index in [0.29, 0.717) is 41.3 Å². The van der Waals surface area contributed by atoms with E-state index in [9.17, 15) is 9.18 Å². The number of nitrogens with one attached hydrogen (secondary N) is 1. The quantitative estimate of drug-likeness (QED) is 0.638. The summed E-state index contributed by atoms with van der Waals surface area (Å²) in [6.45, 7) is 1.69. The molecule has 0 spiro atoms. The molecule has 28 heavy (non-hydrogen) atoms. The van der Waals surface area contributed by atoms with Crippen LogP contribution in [0.3, 0.4) is 0 Å². The van der Waals surface area contributed by atoms with Gasteiger partial charge in [0.15, 0.2) is 0 Å². The van der Waals surface area contributed by atoms with Crippen LogP contribution in [-0.4, -0.2) is 31.4 Å². The predicted octanol–water partition coefficient (Wildman–Crippen LogP) is 5.23. The van der Waals surface area contributed by atoms with Crippen LogP contribution in [0.25, 0.3) is 0 Å². The maximum atomic E-state index is 13.7. The lowest BCUT2D eigenvalue weighted by atomic mass is 9.74. The summed E-state index contributed by atoms with van der Waals surface area (Å²) in [6.07, 6.45) is 1.51. The summed E-state index contributed by atoms with van der Waals surface area (Å²) in [5, 5.41) is 4.23. The molecule has 0 atom stereocenters. The Labute approximate surface area is 178 Å². The molecule has 1 amide bonds. The molecule has 7 heteroatoms. The molecule has 3 rings (SSSR count). The van der Waals surface area contributed by atoms with E-state index in [-0.39, 0.29) is 17.1 Å². The van der Waals surface area contributed by atoms with Gasteiger partial charge in [0.25, 0.3) is 0 Å². The number of carbonyl (C=O) groups is 1. The van der Waals surface area contributed by atoms with Crippen LogP contribution in [0.2, 0.25) is 10.0 Å². The molecule has 0 unspecified atom stereocenters. The minimum atomic E-state index is -0.292. The van der Waals surface area contributed by atoms with Gasteiger partial charge in [0, 0.05) is 41.0 Å². The van der Waals surface area contributed by atoms with Crippen molar-refractivity contribution < 1.29 is 13.9 Å². The molecule has 3 nitrogen and oxygen atoms in total. The molecule has 1 heterocycles. The third kappa shape index (κ3) is 5.63. The molecule has 1 fully saturated rings. The lowest BCUT2D eigenvalue weighted by molar-refractivity contribution is -0.119. The molecule has 1 aliphatic rings. The highest BCUT2D eigenvalue weighted by Gasteiger charge is 2.35. The fraction of sp³-hybridized carbons (Fsp3) is 0.381. The Morgan fingerprint density at radius 3 is 2.68 bits per heavy atom. The first-order valence-electron chi connectivity index (χ1n) is 9.11. The van der Waals surface area contributed by atoms with Crippen LogP contribution in [-0.2, 0) is 20.7 Å². The molecular formula is C21H22Cl2FNO2S. The standard InChI is InChI=1S/C21H22Cl2FNO2S/c22-17-5-4-15(19(23)11-17)12-28-13-20(26)25-14-21(6-8-27-9-7-21)16-2-1-3-18(24)10-16/h1-5,10-11H,6-9,12-14H2,(H,25,26). The Morgan fingerprint density at radius 1 is 1.18 bits per heavy atom. The summed E-state index contributed by atoms with van der Waals surface area (Å²) < 4.78 is 19.2. The van der Waals surface area contributed by atoms with Crippen molar-refractivity contribution in [1.82, 2.24) is 5.32 Å². The first kappa shape index (κ1) is 21.4. The molecule has 2 aromatic carbocycles. The largest absolute Gasteiger partial charge is 0.381 e. The zero-order chi connectivity index (χ0) is 20.0. The van der Waals surface area contributed by atoms with E-state index in [1.807, 2.05) is 12.1 Å². The highest BCUT2D eigenvalue weighted by atomic mass is 35.5. The van der Waals surface area contributed by atoms with Crippen molar-refractivity contribution in [3.8, 4) is 0 Å². The second kappa shape index (κ2) is 9.97. The van der Waals surface area contributed by atoms with Crippen molar-refractivity contribution in [3.05, 3.63) is 69.5 Å². The van der Waals surface area contributed by atoms with Gasteiger partial charge in [-0.2, -0.15) is 0 Å². The summed E-state index contributed by atoms with van der Waals surface area (Å²) in [5.74, 6) is 0.656. The van der Waals surface area contributed by atoms with Crippen molar-refractivity contribution in [2.45, 2.75) is 24.0 Å². The van der Waals surface area contributed by atoms with E-state index >= 15 is 0 Å². The van der Waals surface area contributed by atoms with Crippen molar-refractivity contribution in [2.75, 3.05) is 25.5 Å². The minimum absolute atomic E-state index is 0.0441. The number of hydrogen-bond acceptors (Lipinski definition) is 3. The average Bonchev–Trinajstić information content (AvgIpc) is 2.69. The fourth-order valence-electron chi connectivity index (χ4n) is 3.36. The molecule has 0 aromatic heterocycles. The predicted molar refractivity (Wildman–Crippen MR) is 114 cm³/mol.